The predicted octanol–water partition coefficient (Wildman–Crippen LogP) is 1.93. The first-order valence-electron chi connectivity index (χ1n) is 7.88. The molecule has 0 radical (unpaired) electrons. The molecule has 18 heavy (non-hydrogen) atoms. The first kappa shape index (κ1) is 14.3. The van der Waals surface area contributed by atoms with Crippen LogP contribution < -0.4 is 5.32 Å². The highest BCUT2D eigenvalue weighted by Gasteiger charge is 2.24. The van der Waals surface area contributed by atoms with Crippen LogP contribution in [0.15, 0.2) is 0 Å². The van der Waals surface area contributed by atoms with E-state index in [9.17, 15) is 0 Å². The lowest BCUT2D eigenvalue weighted by Gasteiger charge is -2.27. The van der Waals surface area contributed by atoms with E-state index in [1.807, 2.05) is 0 Å². The number of rotatable bonds is 7. The summed E-state index contributed by atoms with van der Waals surface area (Å²) >= 11 is 0. The first-order valence-corrected chi connectivity index (χ1v) is 7.88. The van der Waals surface area contributed by atoms with Gasteiger partial charge in [0.2, 0.25) is 0 Å². The molecule has 3 heteroatoms. The smallest absolute Gasteiger partial charge is 0.0223 e. The van der Waals surface area contributed by atoms with Gasteiger partial charge in [0.15, 0.2) is 0 Å². The van der Waals surface area contributed by atoms with Crippen LogP contribution >= 0.6 is 0 Å². The first-order chi connectivity index (χ1) is 8.75. The molecule has 0 aromatic heterocycles. The van der Waals surface area contributed by atoms with Crippen LogP contribution in [0.5, 0.6) is 0 Å². The molecule has 3 nitrogen and oxygen atoms in total. The zero-order valence-corrected chi connectivity index (χ0v) is 12.3. The van der Waals surface area contributed by atoms with Crippen molar-refractivity contribution in [2.45, 2.75) is 57.0 Å². The Labute approximate surface area is 113 Å². The summed E-state index contributed by atoms with van der Waals surface area (Å²) in [6.07, 6.45) is 9.81. The summed E-state index contributed by atoms with van der Waals surface area (Å²) in [5.74, 6) is 0. The van der Waals surface area contributed by atoms with E-state index in [4.69, 9.17) is 0 Å². The third-order valence-electron chi connectivity index (χ3n) is 4.49. The maximum Gasteiger partial charge on any atom is 0.0223 e. The van der Waals surface area contributed by atoms with Gasteiger partial charge in [-0.25, -0.2) is 0 Å². The highest BCUT2D eigenvalue weighted by atomic mass is 15.2. The fourth-order valence-corrected chi connectivity index (χ4v) is 3.54. The van der Waals surface area contributed by atoms with Crippen molar-refractivity contribution in [2.24, 2.45) is 0 Å². The van der Waals surface area contributed by atoms with E-state index in [-0.39, 0.29) is 0 Å². The van der Waals surface area contributed by atoms with Crippen molar-refractivity contribution in [3.8, 4) is 0 Å². The van der Waals surface area contributed by atoms with E-state index in [2.05, 4.69) is 29.2 Å². The molecule has 0 spiro atoms. The maximum absolute atomic E-state index is 3.72. The van der Waals surface area contributed by atoms with Crippen molar-refractivity contribution >= 4 is 0 Å². The molecular formula is C15H31N3. The summed E-state index contributed by atoms with van der Waals surface area (Å²) in [6.45, 7) is 5.06. The molecule has 0 bridgehead atoms. The number of likely N-dealkylation sites (tertiary alicyclic amines) is 1. The van der Waals surface area contributed by atoms with Gasteiger partial charge in [-0.05, 0) is 65.8 Å². The lowest BCUT2D eigenvalue weighted by atomic mass is 10.2. The number of nitrogens with one attached hydrogen (secondary N) is 1. The molecule has 1 saturated carbocycles. The van der Waals surface area contributed by atoms with Gasteiger partial charge in [-0.2, -0.15) is 0 Å². The van der Waals surface area contributed by atoms with Gasteiger partial charge < -0.3 is 10.2 Å². The second-order valence-electron chi connectivity index (χ2n) is 6.38. The molecule has 1 atom stereocenters. The Hall–Kier alpha value is -0.120. The number of likely N-dealkylation sites (N-methyl/N-ethyl adjacent to an activating group) is 1. The molecule has 0 amide bonds. The molecule has 1 N–H and O–H groups in total. The topological polar surface area (TPSA) is 18.5 Å². The molecule has 2 aliphatic rings. The monoisotopic (exact) mass is 253 g/mol. The van der Waals surface area contributed by atoms with Gasteiger partial charge in [0, 0.05) is 18.6 Å². The van der Waals surface area contributed by atoms with Crippen LogP contribution in [0.4, 0.5) is 0 Å². The Morgan fingerprint density at radius 2 is 1.89 bits per heavy atom. The number of nitrogens with zero attached hydrogens (tertiary/aromatic N) is 2. The standard InChI is InChI=1S/C15H31N3/c1-17(2)13-15-9-5-11-18(15)12-6-10-16-14-7-3-4-8-14/h14-16H,3-13H2,1-2H3. The van der Waals surface area contributed by atoms with E-state index in [0.717, 1.165) is 12.1 Å². The van der Waals surface area contributed by atoms with E-state index >= 15 is 0 Å². The average molecular weight is 253 g/mol. The fraction of sp³-hybridized carbons (Fsp3) is 1.00. The molecule has 1 unspecified atom stereocenters. The Morgan fingerprint density at radius 3 is 2.61 bits per heavy atom. The summed E-state index contributed by atoms with van der Waals surface area (Å²) in [5, 5.41) is 3.72. The molecule has 1 aliphatic carbocycles. The molecule has 0 aromatic carbocycles. The summed E-state index contributed by atoms with van der Waals surface area (Å²) in [4.78, 5) is 5.04. The Morgan fingerprint density at radius 1 is 1.11 bits per heavy atom. The molecule has 1 aliphatic heterocycles. The molecule has 106 valence electrons. The van der Waals surface area contributed by atoms with Crippen molar-refractivity contribution in [1.29, 1.82) is 0 Å². The third-order valence-corrected chi connectivity index (χ3v) is 4.49. The summed E-state index contributed by atoms with van der Waals surface area (Å²) in [7, 11) is 4.39. The van der Waals surface area contributed by atoms with Gasteiger partial charge in [-0.3, -0.25) is 4.90 Å². The quantitative estimate of drug-likeness (QED) is 0.700. The van der Waals surface area contributed by atoms with Crippen LogP contribution in [0.2, 0.25) is 0 Å². The zero-order chi connectivity index (χ0) is 12.8. The molecule has 0 aromatic rings. The van der Waals surface area contributed by atoms with Crippen LogP contribution in [0.3, 0.4) is 0 Å². The Balaban J connectivity index is 1.57. The van der Waals surface area contributed by atoms with Crippen LogP contribution in [0.25, 0.3) is 0 Å². The van der Waals surface area contributed by atoms with Crippen molar-refractivity contribution in [1.82, 2.24) is 15.1 Å². The van der Waals surface area contributed by atoms with Gasteiger partial charge in [0.05, 0.1) is 0 Å². The maximum atomic E-state index is 3.72. The van der Waals surface area contributed by atoms with Crippen LogP contribution in [-0.2, 0) is 0 Å². The van der Waals surface area contributed by atoms with Crippen molar-refractivity contribution in [3.63, 3.8) is 0 Å². The molecule has 1 saturated heterocycles. The lowest BCUT2D eigenvalue weighted by molar-refractivity contribution is 0.205. The molecule has 2 rings (SSSR count). The number of hydrogen-bond donors (Lipinski definition) is 1. The van der Waals surface area contributed by atoms with Crippen molar-refractivity contribution in [3.05, 3.63) is 0 Å². The van der Waals surface area contributed by atoms with E-state index in [1.54, 1.807) is 0 Å². The van der Waals surface area contributed by atoms with Crippen LogP contribution in [-0.4, -0.2) is 62.2 Å². The molecular weight excluding hydrogens is 222 g/mol. The molecule has 2 fully saturated rings. The van der Waals surface area contributed by atoms with Gasteiger partial charge in [0.25, 0.3) is 0 Å². The van der Waals surface area contributed by atoms with E-state index in [1.165, 1.54) is 71.1 Å². The van der Waals surface area contributed by atoms with E-state index < -0.39 is 0 Å². The van der Waals surface area contributed by atoms with Crippen LogP contribution in [0, 0.1) is 0 Å². The van der Waals surface area contributed by atoms with Gasteiger partial charge in [-0.15, -0.1) is 0 Å². The van der Waals surface area contributed by atoms with Gasteiger partial charge in [0.1, 0.15) is 0 Å². The summed E-state index contributed by atoms with van der Waals surface area (Å²) < 4.78 is 0. The Kier molecular flexibility index (Phi) is 5.93. The highest BCUT2D eigenvalue weighted by molar-refractivity contribution is 4.81. The third kappa shape index (κ3) is 4.52. The average Bonchev–Trinajstić information content (AvgIpc) is 2.95. The summed E-state index contributed by atoms with van der Waals surface area (Å²) in [6, 6.07) is 1.65. The predicted molar refractivity (Wildman–Crippen MR) is 78.0 cm³/mol. The van der Waals surface area contributed by atoms with Gasteiger partial charge >= 0.3 is 0 Å². The Bertz CT molecular complexity index is 224. The number of hydrogen-bond acceptors (Lipinski definition) is 3. The largest absolute Gasteiger partial charge is 0.314 e. The lowest BCUT2D eigenvalue weighted by Crippen LogP contribution is -2.39. The second kappa shape index (κ2) is 7.46. The minimum Gasteiger partial charge on any atom is -0.314 e. The SMILES string of the molecule is CN(C)CC1CCCN1CCCNC1CCCC1. The van der Waals surface area contributed by atoms with E-state index in [0.29, 0.717) is 0 Å². The fourth-order valence-electron chi connectivity index (χ4n) is 3.54. The van der Waals surface area contributed by atoms with Crippen molar-refractivity contribution < 1.29 is 0 Å². The second-order valence-corrected chi connectivity index (χ2v) is 6.38. The van der Waals surface area contributed by atoms with Crippen LogP contribution in [0.1, 0.15) is 44.9 Å². The zero-order valence-electron chi connectivity index (χ0n) is 12.3. The van der Waals surface area contributed by atoms with Gasteiger partial charge in [-0.1, -0.05) is 12.8 Å². The van der Waals surface area contributed by atoms with Crippen molar-refractivity contribution in [2.75, 3.05) is 40.3 Å². The molecule has 1 heterocycles. The minimum absolute atomic E-state index is 0.812. The normalized spacial score (nSPS) is 26.5. The minimum atomic E-state index is 0.812. The summed E-state index contributed by atoms with van der Waals surface area (Å²) in [5.41, 5.74) is 0. The highest BCUT2D eigenvalue weighted by Crippen LogP contribution is 2.19.